The molecule has 1 N–H and O–H groups in total. The van der Waals surface area contributed by atoms with Crippen LogP contribution in [0.3, 0.4) is 0 Å². The zero-order chi connectivity index (χ0) is 30.5. The highest BCUT2D eigenvalue weighted by Gasteiger charge is 2.31. The highest BCUT2D eigenvalue weighted by molar-refractivity contribution is 5.95. The van der Waals surface area contributed by atoms with Crippen molar-refractivity contribution in [1.82, 2.24) is 9.47 Å². The number of aromatic carboxylic acids is 1. The van der Waals surface area contributed by atoms with Crippen molar-refractivity contribution >= 4 is 28.5 Å². The Morgan fingerprint density at radius 2 is 1.60 bits per heavy atom. The number of carboxylic acids is 1. The van der Waals surface area contributed by atoms with Gasteiger partial charge in [0.2, 0.25) is 5.43 Å². The number of pyridine rings is 2. The minimum Gasteiger partial charge on any atom is -0.477 e. The van der Waals surface area contributed by atoms with E-state index in [4.69, 9.17) is 0 Å². The summed E-state index contributed by atoms with van der Waals surface area (Å²) in [5.74, 6) is -2.17. The number of carbonyl (C=O) groups excluding carboxylic acids is 1. The van der Waals surface area contributed by atoms with Crippen LogP contribution in [0.4, 0.5) is 23.2 Å². The van der Waals surface area contributed by atoms with Gasteiger partial charge in [-0.3, -0.25) is 9.59 Å². The van der Waals surface area contributed by atoms with E-state index in [0.29, 0.717) is 55.1 Å². The van der Waals surface area contributed by atoms with Crippen LogP contribution in [0.1, 0.15) is 50.7 Å². The van der Waals surface area contributed by atoms with Crippen LogP contribution >= 0.6 is 0 Å². The van der Waals surface area contributed by atoms with Gasteiger partial charge in [0.25, 0.3) is 5.91 Å². The summed E-state index contributed by atoms with van der Waals surface area (Å²) < 4.78 is 57.2. The summed E-state index contributed by atoms with van der Waals surface area (Å²) in [6, 6.07) is 11.0. The number of hydrogen-bond acceptors (Lipinski definition) is 4. The first kappa shape index (κ1) is 28.4. The maximum absolute atomic E-state index is 15.3. The van der Waals surface area contributed by atoms with Gasteiger partial charge in [0.05, 0.1) is 22.3 Å². The van der Waals surface area contributed by atoms with Crippen molar-refractivity contribution < 1.29 is 36.8 Å². The number of halogens is 4. The first-order valence-corrected chi connectivity index (χ1v) is 13.8. The number of hydrogen-bond donors (Lipinski definition) is 1. The molecule has 4 aromatic rings. The zero-order valence-corrected chi connectivity index (χ0v) is 22.9. The van der Waals surface area contributed by atoms with Gasteiger partial charge in [-0.25, -0.2) is 13.8 Å². The molecule has 222 valence electrons. The molecule has 2 fully saturated rings. The molecule has 43 heavy (non-hydrogen) atoms. The Labute approximate surface area is 243 Å². The van der Waals surface area contributed by atoms with Gasteiger partial charge in [0, 0.05) is 61.5 Å². The summed E-state index contributed by atoms with van der Waals surface area (Å²) >= 11 is 0. The van der Waals surface area contributed by atoms with Crippen molar-refractivity contribution in [2.24, 2.45) is 0 Å². The molecule has 1 saturated carbocycles. The van der Waals surface area contributed by atoms with Crippen LogP contribution < -0.4 is 14.9 Å². The normalized spacial score (nSPS) is 15.6. The SMILES string of the molecule is O=C(O)c1cn(C2CC2)c2cc(N3CCN(C(=O)c4cc[n+](Cc5ccc(C(F)(F)F)cc5)cc4)CC3)c(F)cc2c1=O. The summed E-state index contributed by atoms with van der Waals surface area (Å²) in [7, 11) is 0. The molecule has 2 aromatic carbocycles. The lowest BCUT2D eigenvalue weighted by Crippen LogP contribution is -2.49. The maximum atomic E-state index is 15.3. The topological polar surface area (TPSA) is 86.7 Å². The van der Waals surface area contributed by atoms with Crippen molar-refractivity contribution in [2.45, 2.75) is 31.6 Å². The summed E-state index contributed by atoms with van der Waals surface area (Å²) in [6.45, 7) is 1.73. The second-order valence-corrected chi connectivity index (χ2v) is 10.9. The molecule has 6 rings (SSSR count). The molecule has 0 radical (unpaired) electrons. The van der Waals surface area contributed by atoms with Gasteiger partial charge in [-0.15, -0.1) is 0 Å². The van der Waals surface area contributed by atoms with E-state index in [-0.39, 0.29) is 22.9 Å². The van der Waals surface area contributed by atoms with E-state index < -0.39 is 29.0 Å². The van der Waals surface area contributed by atoms with Crippen molar-refractivity contribution in [3.63, 3.8) is 0 Å². The molecule has 8 nitrogen and oxygen atoms in total. The summed E-state index contributed by atoms with van der Waals surface area (Å²) in [5.41, 5.74) is 0.107. The largest absolute Gasteiger partial charge is 0.477 e. The molecular formula is C31H27F4N4O4+. The lowest BCUT2D eigenvalue weighted by Gasteiger charge is -2.36. The van der Waals surface area contributed by atoms with Crippen LogP contribution in [-0.4, -0.2) is 52.6 Å². The molecule has 0 spiro atoms. The van der Waals surface area contributed by atoms with Gasteiger partial charge in [-0.05, 0) is 37.1 Å². The predicted molar refractivity (Wildman–Crippen MR) is 149 cm³/mol. The zero-order valence-electron chi connectivity index (χ0n) is 22.9. The van der Waals surface area contributed by atoms with Gasteiger partial charge < -0.3 is 19.5 Å². The van der Waals surface area contributed by atoms with E-state index >= 15 is 4.39 Å². The number of alkyl halides is 3. The van der Waals surface area contributed by atoms with E-state index in [1.807, 2.05) is 4.90 Å². The number of fused-ring (bicyclic) bond motifs is 1. The Bertz CT molecular complexity index is 1770. The third-order valence-corrected chi connectivity index (χ3v) is 7.96. The number of piperazine rings is 1. The van der Waals surface area contributed by atoms with Crippen LogP contribution in [-0.2, 0) is 12.7 Å². The van der Waals surface area contributed by atoms with Crippen LogP contribution in [0.15, 0.2) is 71.9 Å². The first-order chi connectivity index (χ1) is 20.5. The number of amides is 1. The van der Waals surface area contributed by atoms with Crippen molar-refractivity contribution in [1.29, 1.82) is 0 Å². The van der Waals surface area contributed by atoms with Crippen molar-refractivity contribution in [3.05, 3.63) is 105 Å². The third kappa shape index (κ3) is 5.69. The summed E-state index contributed by atoms with van der Waals surface area (Å²) in [5, 5.41) is 9.48. The number of rotatable bonds is 6. The minimum absolute atomic E-state index is 0.0292. The average molecular weight is 596 g/mol. The van der Waals surface area contributed by atoms with Crippen molar-refractivity contribution in [2.75, 3.05) is 31.1 Å². The third-order valence-electron chi connectivity index (χ3n) is 7.96. The number of carbonyl (C=O) groups is 2. The molecule has 0 unspecified atom stereocenters. The first-order valence-electron chi connectivity index (χ1n) is 13.8. The van der Waals surface area contributed by atoms with Crippen molar-refractivity contribution in [3.8, 4) is 0 Å². The van der Waals surface area contributed by atoms with Gasteiger partial charge in [0.1, 0.15) is 11.4 Å². The molecule has 1 aliphatic carbocycles. The number of aromatic nitrogens is 2. The van der Waals surface area contributed by atoms with Gasteiger partial charge in [0.15, 0.2) is 18.9 Å². The fraction of sp³-hybridized carbons (Fsp3) is 0.290. The molecule has 2 aliphatic rings. The minimum atomic E-state index is -4.39. The second kappa shape index (κ2) is 10.8. The van der Waals surface area contributed by atoms with E-state index in [1.54, 1.807) is 44.6 Å². The maximum Gasteiger partial charge on any atom is 0.416 e. The van der Waals surface area contributed by atoms with Gasteiger partial charge >= 0.3 is 12.1 Å². The predicted octanol–water partition coefficient (Wildman–Crippen LogP) is 4.49. The molecule has 0 bridgehead atoms. The molecule has 2 aromatic heterocycles. The Balaban J connectivity index is 1.13. The lowest BCUT2D eigenvalue weighted by atomic mass is 10.1. The lowest BCUT2D eigenvalue weighted by molar-refractivity contribution is -0.688. The van der Waals surface area contributed by atoms with E-state index in [2.05, 4.69) is 0 Å². The smallest absolute Gasteiger partial charge is 0.416 e. The molecule has 3 heterocycles. The Morgan fingerprint density at radius 1 is 0.953 bits per heavy atom. The van der Waals surface area contributed by atoms with Crippen LogP contribution in [0.2, 0.25) is 0 Å². The van der Waals surface area contributed by atoms with Gasteiger partial charge in [-0.2, -0.15) is 13.2 Å². The molecule has 0 atom stereocenters. The fourth-order valence-electron chi connectivity index (χ4n) is 5.46. The number of nitrogens with zero attached hydrogens (tertiary/aromatic N) is 4. The highest BCUT2D eigenvalue weighted by Crippen LogP contribution is 2.38. The van der Waals surface area contributed by atoms with Crippen LogP contribution in [0, 0.1) is 5.82 Å². The van der Waals surface area contributed by atoms with Gasteiger partial charge in [-0.1, -0.05) is 12.1 Å². The average Bonchev–Trinajstić information content (AvgIpc) is 3.83. The quantitative estimate of drug-likeness (QED) is 0.262. The molecule has 1 amide bonds. The van der Waals surface area contributed by atoms with E-state index in [1.165, 1.54) is 18.3 Å². The number of anilines is 1. The highest BCUT2D eigenvalue weighted by atomic mass is 19.4. The Kier molecular flexibility index (Phi) is 7.15. The Hall–Kier alpha value is -4.74. The number of carboxylic acid groups (broad SMARTS) is 1. The fourth-order valence-corrected chi connectivity index (χ4v) is 5.46. The van der Waals surface area contributed by atoms with Crippen LogP contribution in [0.5, 0.6) is 0 Å². The molecule has 12 heteroatoms. The van der Waals surface area contributed by atoms with Crippen LogP contribution in [0.25, 0.3) is 10.9 Å². The molecule has 1 aliphatic heterocycles. The van der Waals surface area contributed by atoms with E-state index in [0.717, 1.165) is 31.0 Å². The second-order valence-electron chi connectivity index (χ2n) is 10.9. The monoisotopic (exact) mass is 595 g/mol. The Morgan fingerprint density at radius 3 is 2.19 bits per heavy atom. The molecular weight excluding hydrogens is 568 g/mol. The molecule has 1 saturated heterocycles. The summed E-state index contributed by atoms with van der Waals surface area (Å²) in [6.07, 6.45) is 2.03. The summed E-state index contributed by atoms with van der Waals surface area (Å²) in [4.78, 5) is 41.0. The number of benzene rings is 2. The van der Waals surface area contributed by atoms with E-state index in [9.17, 15) is 32.7 Å². The standard InChI is InChI=1S/C31H26F4N4O4/c32-25-15-23-26(39(22-5-6-22)18-24(28(23)40)30(42)43)16-27(25)37-11-13-38(14-12-37)29(41)20-7-9-36(10-8-20)17-19-1-3-21(4-2-19)31(33,34)35/h1-4,7-10,15-16,18,22H,5-6,11-14,17H2/p+1.